The minimum Gasteiger partial charge on any atom is -0.504 e. The summed E-state index contributed by atoms with van der Waals surface area (Å²) in [5, 5.41) is 21.0. The fourth-order valence-corrected chi connectivity index (χ4v) is 1.76. The van der Waals surface area contributed by atoms with Crippen LogP contribution in [-0.4, -0.2) is 26.5 Å². The lowest BCUT2D eigenvalue weighted by Gasteiger charge is -2.10. The number of phenols is 1. The van der Waals surface area contributed by atoms with Crippen molar-refractivity contribution >= 4 is 0 Å². The number of ether oxygens (including phenoxy) is 1. The van der Waals surface area contributed by atoms with E-state index in [1.165, 1.54) is 0 Å². The van der Waals surface area contributed by atoms with Crippen LogP contribution in [0, 0.1) is 0 Å². The number of aromatic hydroxyl groups is 1. The Labute approximate surface area is 112 Å². The molecule has 6 heteroatoms. The Hall–Kier alpha value is -2.08. The molecule has 0 saturated carbocycles. The lowest BCUT2D eigenvalue weighted by Crippen LogP contribution is -2.15. The van der Waals surface area contributed by atoms with Crippen LogP contribution >= 0.6 is 0 Å². The van der Waals surface area contributed by atoms with Crippen molar-refractivity contribution in [3.05, 3.63) is 35.9 Å². The number of nitrogens with zero attached hydrogens (tertiary/aromatic N) is 3. The van der Waals surface area contributed by atoms with Crippen molar-refractivity contribution in [1.29, 1.82) is 0 Å². The number of hydrogen-bond acceptors (Lipinski definition) is 5. The molecule has 2 aromatic rings. The second-order valence-corrected chi connectivity index (χ2v) is 4.16. The zero-order valence-electron chi connectivity index (χ0n) is 11.1. The molecule has 2 rings (SSSR count). The quantitative estimate of drug-likeness (QED) is 0.818. The Bertz CT molecular complexity index is 539. The zero-order valence-corrected chi connectivity index (χ0v) is 11.1. The fraction of sp³-hybridized carbons (Fsp3) is 0.385. The maximum absolute atomic E-state index is 10.0. The van der Waals surface area contributed by atoms with E-state index in [1.807, 2.05) is 30.7 Å². The second-order valence-electron chi connectivity index (χ2n) is 4.16. The molecule has 1 aromatic heterocycles. The first-order valence-corrected chi connectivity index (χ1v) is 6.19. The highest BCUT2D eigenvalue weighted by Crippen LogP contribution is 2.29. The van der Waals surface area contributed by atoms with E-state index in [0.29, 0.717) is 25.4 Å². The molecule has 6 nitrogen and oxygen atoms in total. The summed E-state index contributed by atoms with van der Waals surface area (Å²) in [5.41, 5.74) is 0.799. The summed E-state index contributed by atoms with van der Waals surface area (Å²) in [6.45, 7) is 3.55. The number of nitrogens with one attached hydrogen (secondary N) is 1. The van der Waals surface area contributed by atoms with Gasteiger partial charge in [0.2, 0.25) is 0 Å². The third-order valence-corrected chi connectivity index (χ3v) is 2.79. The van der Waals surface area contributed by atoms with Gasteiger partial charge in [0.25, 0.3) is 0 Å². The molecule has 0 atom stereocenters. The third kappa shape index (κ3) is 3.23. The van der Waals surface area contributed by atoms with Crippen LogP contribution in [0.15, 0.2) is 24.5 Å². The average molecular weight is 262 g/mol. The van der Waals surface area contributed by atoms with Gasteiger partial charge in [0.15, 0.2) is 11.5 Å². The molecule has 2 N–H and O–H groups in total. The van der Waals surface area contributed by atoms with Crippen molar-refractivity contribution in [1.82, 2.24) is 20.1 Å². The number of benzene rings is 1. The van der Waals surface area contributed by atoms with Crippen molar-refractivity contribution in [2.24, 2.45) is 7.05 Å². The number of aromatic nitrogens is 3. The summed E-state index contributed by atoms with van der Waals surface area (Å²) in [6, 6.07) is 5.48. The maximum atomic E-state index is 10.0. The van der Waals surface area contributed by atoms with Gasteiger partial charge in [0.05, 0.1) is 13.2 Å². The molecule has 0 spiro atoms. The van der Waals surface area contributed by atoms with E-state index < -0.39 is 0 Å². The number of rotatable bonds is 6. The molecular weight excluding hydrogens is 244 g/mol. The standard InChI is InChI=1S/C13H18N4O2/c1-3-19-11-6-4-5-10(13(11)18)7-14-8-12-16-15-9-17(12)2/h4-6,9,14,18H,3,7-8H2,1-2H3. The van der Waals surface area contributed by atoms with Gasteiger partial charge < -0.3 is 19.7 Å². The molecular formula is C13H18N4O2. The van der Waals surface area contributed by atoms with Crippen LogP contribution in [0.4, 0.5) is 0 Å². The lowest BCUT2D eigenvalue weighted by atomic mass is 10.2. The zero-order chi connectivity index (χ0) is 13.7. The molecule has 0 bridgehead atoms. The van der Waals surface area contributed by atoms with Crippen LogP contribution < -0.4 is 10.1 Å². The molecule has 1 aromatic carbocycles. The van der Waals surface area contributed by atoms with E-state index in [0.717, 1.165) is 11.4 Å². The SMILES string of the molecule is CCOc1cccc(CNCc2nncn2C)c1O. The van der Waals surface area contributed by atoms with Crippen LogP contribution in [-0.2, 0) is 20.1 Å². The highest BCUT2D eigenvalue weighted by molar-refractivity contribution is 5.45. The molecule has 0 aliphatic rings. The normalized spacial score (nSPS) is 10.6. The van der Waals surface area contributed by atoms with E-state index in [1.54, 1.807) is 12.4 Å². The summed E-state index contributed by atoms with van der Waals surface area (Å²) in [5.74, 6) is 1.55. The number of aryl methyl sites for hydroxylation is 1. The second kappa shape index (κ2) is 6.19. The van der Waals surface area contributed by atoms with E-state index in [9.17, 15) is 5.11 Å². The van der Waals surface area contributed by atoms with Crippen molar-refractivity contribution in [3.63, 3.8) is 0 Å². The molecule has 102 valence electrons. The van der Waals surface area contributed by atoms with Gasteiger partial charge in [-0.1, -0.05) is 12.1 Å². The Morgan fingerprint density at radius 3 is 2.89 bits per heavy atom. The van der Waals surface area contributed by atoms with Crippen LogP contribution in [0.5, 0.6) is 11.5 Å². The topological polar surface area (TPSA) is 72.2 Å². The van der Waals surface area contributed by atoms with E-state index in [2.05, 4.69) is 15.5 Å². The Kier molecular flexibility index (Phi) is 4.35. The first-order valence-electron chi connectivity index (χ1n) is 6.19. The molecule has 0 aliphatic carbocycles. The third-order valence-electron chi connectivity index (χ3n) is 2.79. The predicted octanol–water partition coefficient (Wildman–Crippen LogP) is 1.21. The number of para-hydroxylation sites is 1. The van der Waals surface area contributed by atoms with Gasteiger partial charge in [0, 0.05) is 19.2 Å². The van der Waals surface area contributed by atoms with Crippen molar-refractivity contribution < 1.29 is 9.84 Å². The van der Waals surface area contributed by atoms with Crippen molar-refractivity contribution in [3.8, 4) is 11.5 Å². The van der Waals surface area contributed by atoms with E-state index >= 15 is 0 Å². The van der Waals surface area contributed by atoms with Gasteiger partial charge in [-0.25, -0.2) is 0 Å². The summed E-state index contributed by atoms with van der Waals surface area (Å²) in [7, 11) is 1.89. The maximum Gasteiger partial charge on any atom is 0.162 e. The smallest absolute Gasteiger partial charge is 0.162 e. The van der Waals surface area contributed by atoms with Crippen LogP contribution in [0.25, 0.3) is 0 Å². The average Bonchev–Trinajstić information content (AvgIpc) is 2.80. The molecule has 1 heterocycles. The Balaban J connectivity index is 1.96. The number of hydrogen-bond donors (Lipinski definition) is 2. The van der Waals surface area contributed by atoms with Gasteiger partial charge >= 0.3 is 0 Å². The fourth-order valence-electron chi connectivity index (χ4n) is 1.76. The summed E-state index contributed by atoms with van der Waals surface area (Å²) in [6.07, 6.45) is 1.66. The first-order chi connectivity index (χ1) is 9.22. The number of phenolic OH excluding ortho intramolecular Hbond substituents is 1. The van der Waals surface area contributed by atoms with Crippen LogP contribution in [0.1, 0.15) is 18.3 Å². The molecule has 0 unspecified atom stereocenters. The molecule has 19 heavy (non-hydrogen) atoms. The first kappa shape index (κ1) is 13.4. The molecule has 0 aliphatic heterocycles. The minimum atomic E-state index is 0.190. The molecule has 0 saturated heterocycles. The summed E-state index contributed by atoms with van der Waals surface area (Å²) >= 11 is 0. The lowest BCUT2D eigenvalue weighted by molar-refractivity contribution is 0.316. The van der Waals surface area contributed by atoms with E-state index in [-0.39, 0.29) is 5.75 Å². The van der Waals surface area contributed by atoms with Crippen molar-refractivity contribution in [2.45, 2.75) is 20.0 Å². The van der Waals surface area contributed by atoms with Gasteiger partial charge in [0.1, 0.15) is 12.2 Å². The highest BCUT2D eigenvalue weighted by atomic mass is 16.5. The summed E-state index contributed by atoms with van der Waals surface area (Å²) in [4.78, 5) is 0. The monoisotopic (exact) mass is 262 g/mol. The van der Waals surface area contributed by atoms with Gasteiger partial charge in [-0.05, 0) is 13.0 Å². The van der Waals surface area contributed by atoms with Gasteiger partial charge in [-0.15, -0.1) is 10.2 Å². The molecule has 0 radical (unpaired) electrons. The van der Waals surface area contributed by atoms with Crippen molar-refractivity contribution in [2.75, 3.05) is 6.61 Å². The molecule has 0 fully saturated rings. The Morgan fingerprint density at radius 2 is 2.21 bits per heavy atom. The van der Waals surface area contributed by atoms with Crippen LogP contribution in [0.2, 0.25) is 0 Å². The minimum absolute atomic E-state index is 0.190. The largest absolute Gasteiger partial charge is 0.504 e. The predicted molar refractivity (Wildman–Crippen MR) is 70.8 cm³/mol. The summed E-state index contributed by atoms with van der Waals surface area (Å²) < 4.78 is 7.20. The van der Waals surface area contributed by atoms with Gasteiger partial charge in [-0.3, -0.25) is 0 Å². The van der Waals surface area contributed by atoms with Crippen LogP contribution in [0.3, 0.4) is 0 Å². The highest BCUT2D eigenvalue weighted by Gasteiger charge is 2.08. The van der Waals surface area contributed by atoms with E-state index in [4.69, 9.17) is 4.74 Å². The molecule has 0 amide bonds. The van der Waals surface area contributed by atoms with Gasteiger partial charge in [-0.2, -0.15) is 0 Å². The Morgan fingerprint density at radius 1 is 1.37 bits per heavy atom.